The van der Waals surface area contributed by atoms with Crippen LogP contribution in [0.3, 0.4) is 0 Å². The average Bonchev–Trinajstić information content (AvgIpc) is 2.34. The van der Waals surface area contributed by atoms with Gasteiger partial charge in [0.15, 0.2) is 9.84 Å². The largest absolute Gasteiger partial charge is 0.388 e. The molecule has 1 fully saturated rings. The van der Waals surface area contributed by atoms with Crippen LogP contribution in [0, 0.1) is 11.3 Å². The van der Waals surface area contributed by atoms with Crippen molar-refractivity contribution in [2.24, 2.45) is 0 Å². The molecule has 1 aromatic rings. The minimum atomic E-state index is -3.38. The molecule has 102 valence electrons. The number of nitriles is 1. The molecule has 5 nitrogen and oxygen atoms in total. The van der Waals surface area contributed by atoms with Gasteiger partial charge in [-0.25, -0.2) is 8.42 Å². The normalized spacial score (nSPS) is 18.6. The van der Waals surface area contributed by atoms with Crippen LogP contribution in [-0.4, -0.2) is 49.4 Å². The highest BCUT2D eigenvalue weighted by atomic mass is 32.2. The second-order valence-electron chi connectivity index (χ2n) is 5.17. The first-order chi connectivity index (χ1) is 8.82. The topological polar surface area (TPSA) is 81.4 Å². The maximum Gasteiger partial charge on any atom is 0.179 e. The molecule has 19 heavy (non-hydrogen) atoms. The Labute approximate surface area is 113 Å². The third-order valence-electron chi connectivity index (χ3n) is 3.13. The molecule has 0 spiro atoms. The van der Waals surface area contributed by atoms with Crippen molar-refractivity contribution >= 4 is 9.84 Å². The minimum absolute atomic E-state index is 0.00202. The fourth-order valence-corrected chi connectivity index (χ4v) is 3.53. The number of likely N-dealkylation sites (tertiary alicyclic amines) is 1. The van der Waals surface area contributed by atoms with Crippen molar-refractivity contribution in [1.29, 1.82) is 5.26 Å². The van der Waals surface area contributed by atoms with Crippen LogP contribution in [0.1, 0.15) is 12.5 Å². The molecule has 1 saturated heterocycles. The van der Waals surface area contributed by atoms with Crippen LogP contribution < -0.4 is 0 Å². The number of hydrogen-bond acceptors (Lipinski definition) is 5. The quantitative estimate of drug-likeness (QED) is 0.863. The summed E-state index contributed by atoms with van der Waals surface area (Å²) in [6, 6.07) is 7.97. The lowest BCUT2D eigenvalue weighted by Crippen LogP contribution is -2.60. The van der Waals surface area contributed by atoms with E-state index < -0.39 is 15.4 Å². The fraction of sp³-hybridized carbons (Fsp3) is 0.462. The van der Waals surface area contributed by atoms with Crippen molar-refractivity contribution in [2.45, 2.75) is 17.4 Å². The molecule has 1 N–H and O–H groups in total. The first kappa shape index (κ1) is 14.0. The first-order valence-corrected chi connectivity index (χ1v) is 7.65. The molecular weight excluding hydrogens is 264 g/mol. The van der Waals surface area contributed by atoms with Gasteiger partial charge in [0, 0.05) is 19.6 Å². The zero-order valence-electron chi connectivity index (χ0n) is 10.7. The summed E-state index contributed by atoms with van der Waals surface area (Å²) in [5, 5.41) is 18.3. The molecule has 0 unspecified atom stereocenters. The molecule has 1 aliphatic rings. The molecule has 6 heteroatoms. The van der Waals surface area contributed by atoms with Gasteiger partial charge in [-0.1, -0.05) is 6.07 Å². The molecule has 1 heterocycles. The molecule has 0 amide bonds. The molecule has 0 bridgehead atoms. The highest BCUT2D eigenvalue weighted by Crippen LogP contribution is 2.20. The van der Waals surface area contributed by atoms with Crippen LogP contribution in [-0.2, 0) is 9.84 Å². The molecule has 0 radical (unpaired) electrons. The smallest absolute Gasteiger partial charge is 0.179 e. The summed E-state index contributed by atoms with van der Waals surface area (Å²) in [5.41, 5.74) is -0.349. The van der Waals surface area contributed by atoms with Crippen LogP contribution in [0.2, 0.25) is 0 Å². The van der Waals surface area contributed by atoms with Crippen LogP contribution in [0.25, 0.3) is 0 Å². The summed E-state index contributed by atoms with van der Waals surface area (Å²) >= 11 is 0. The van der Waals surface area contributed by atoms with E-state index in [0.717, 1.165) is 0 Å². The summed E-state index contributed by atoms with van der Waals surface area (Å²) in [5.74, 6) is -0.00202. The Kier molecular flexibility index (Phi) is 3.63. The van der Waals surface area contributed by atoms with Crippen molar-refractivity contribution in [1.82, 2.24) is 4.90 Å². The summed E-state index contributed by atoms with van der Waals surface area (Å²) < 4.78 is 24.2. The van der Waals surface area contributed by atoms with Gasteiger partial charge in [-0.2, -0.15) is 5.26 Å². The Morgan fingerprint density at radius 1 is 1.47 bits per heavy atom. The molecule has 1 aliphatic heterocycles. The van der Waals surface area contributed by atoms with E-state index in [0.29, 0.717) is 25.2 Å². The highest BCUT2D eigenvalue weighted by Gasteiger charge is 2.36. The van der Waals surface area contributed by atoms with E-state index in [1.807, 2.05) is 11.0 Å². The van der Waals surface area contributed by atoms with Gasteiger partial charge in [0.25, 0.3) is 0 Å². The number of sulfone groups is 1. The number of benzene rings is 1. The zero-order valence-corrected chi connectivity index (χ0v) is 11.5. The predicted molar refractivity (Wildman–Crippen MR) is 70.3 cm³/mol. The third-order valence-corrected chi connectivity index (χ3v) is 4.82. The Balaban J connectivity index is 2.01. The van der Waals surface area contributed by atoms with E-state index in [1.54, 1.807) is 19.1 Å². The number of aliphatic hydroxyl groups is 1. The van der Waals surface area contributed by atoms with Crippen molar-refractivity contribution in [2.75, 3.05) is 25.4 Å². The van der Waals surface area contributed by atoms with E-state index >= 15 is 0 Å². The summed E-state index contributed by atoms with van der Waals surface area (Å²) in [6.45, 7) is 3.13. The minimum Gasteiger partial charge on any atom is -0.388 e. The SMILES string of the molecule is CC1(O)CN(CCS(=O)(=O)c2cccc(C#N)c2)C1. The molecule has 0 aliphatic carbocycles. The second kappa shape index (κ2) is 4.93. The van der Waals surface area contributed by atoms with Crippen LogP contribution in [0.15, 0.2) is 29.2 Å². The van der Waals surface area contributed by atoms with Crippen molar-refractivity contribution < 1.29 is 13.5 Å². The second-order valence-corrected chi connectivity index (χ2v) is 7.28. The van der Waals surface area contributed by atoms with E-state index in [1.165, 1.54) is 12.1 Å². The monoisotopic (exact) mass is 280 g/mol. The third kappa shape index (κ3) is 3.32. The lowest BCUT2D eigenvalue weighted by molar-refractivity contribution is -0.0802. The molecule has 0 atom stereocenters. The Morgan fingerprint density at radius 3 is 2.74 bits per heavy atom. The van der Waals surface area contributed by atoms with Crippen molar-refractivity contribution in [3.8, 4) is 6.07 Å². The summed E-state index contributed by atoms with van der Waals surface area (Å²) in [7, 11) is -3.38. The van der Waals surface area contributed by atoms with Crippen LogP contribution >= 0.6 is 0 Å². The molecule has 1 aromatic carbocycles. The molecular formula is C13H16N2O3S. The van der Waals surface area contributed by atoms with Gasteiger partial charge >= 0.3 is 0 Å². The van der Waals surface area contributed by atoms with E-state index in [2.05, 4.69) is 0 Å². The Hall–Kier alpha value is -1.42. The van der Waals surface area contributed by atoms with Crippen molar-refractivity contribution in [3.63, 3.8) is 0 Å². The van der Waals surface area contributed by atoms with Gasteiger partial charge in [-0.3, -0.25) is 4.90 Å². The van der Waals surface area contributed by atoms with Gasteiger partial charge < -0.3 is 5.11 Å². The summed E-state index contributed by atoms with van der Waals surface area (Å²) in [6.07, 6.45) is 0. The zero-order chi connectivity index (χ0) is 14.1. The predicted octanol–water partition coefficient (Wildman–Crippen LogP) is 0.399. The number of nitrogens with zero attached hydrogens (tertiary/aromatic N) is 2. The average molecular weight is 280 g/mol. The van der Waals surface area contributed by atoms with Gasteiger partial charge in [-0.15, -0.1) is 0 Å². The fourth-order valence-electron chi connectivity index (χ4n) is 2.20. The van der Waals surface area contributed by atoms with Crippen LogP contribution in [0.5, 0.6) is 0 Å². The lowest BCUT2D eigenvalue weighted by atomic mass is 9.97. The van der Waals surface area contributed by atoms with Gasteiger partial charge in [0.05, 0.1) is 27.9 Å². The van der Waals surface area contributed by atoms with Gasteiger partial charge in [0.2, 0.25) is 0 Å². The first-order valence-electron chi connectivity index (χ1n) is 6.00. The highest BCUT2D eigenvalue weighted by molar-refractivity contribution is 7.91. The standard InChI is InChI=1S/C13H16N2O3S/c1-13(16)9-15(10-13)5-6-19(17,18)12-4-2-3-11(7-12)8-14/h2-4,7,16H,5-6,9-10H2,1H3. The van der Waals surface area contributed by atoms with E-state index in [9.17, 15) is 13.5 Å². The van der Waals surface area contributed by atoms with E-state index in [4.69, 9.17) is 5.26 Å². The Morgan fingerprint density at radius 2 is 2.16 bits per heavy atom. The number of hydrogen-bond donors (Lipinski definition) is 1. The van der Waals surface area contributed by atoms with Crippen molar-refractivity contribution in [3.05, 3.63) is 29.8 Å². The number of rotatable bonds is 4. The maximum absolute atomic E-state index is 12.1. The molecule has 0 aromatic heterocycles. The number of β-amino-alcohol motifs (C(OH)–C–C–N with tert-alkyl or cyclic N) is 1. The lowest BCUT2D eigenvalue weighted by Gasteiger charge is -2.44. The molecule has 2 rings (SSSR count). The maximum atomic E-state index is 12.1. The van der Waals surface area contributed by atoms with Crippen LogP contribution in [0.4, 0.5) is 0 Å². The van der Waals surface area contributed by atoms with Gasteiger partial charge in [0.1, 0.15) is 0 Å². The molecule has 0 saturated carbocycles. The summed E-state index contributed by atoms with van der Waals surface area (Å²) in [4.78, 5) is 2.07. The Bertz CT molecular complexity index is 609. The van der Waals surface area contributed by atoms with E-state index in [-0.39, 0.29) is 10.6 Å². The van der Waals surface area contributed by atoms with Gasteiger partial charge in [-0.05, 0) is 25.1 Å².